The lowest BCUT2D eigenvalue weighted by Gasteiger charge is -2.04. The smallest absolute Gasteiger partial charge is 0.191 e. The van der Waals surface area contributed by atoms with Crippen molar-refractivity contribution in [2.24, 2.45) is 5.10 Å². The summed E-state index contributed by atoms with van der Waals surface area (Å²) in [4.78, 5) is 0. The van der Waals surface area contributed by atoms with Crippen molar-refractivity contribution in [1.29, 1.82) is 0 Å². The summed E-state index contributed by atoms with van der Waals surface area (Å²) in [5.41, 5.74) is 3.65. The minimum atomic E-state index is 0.822. The monoisotopic (exact) mass is 442 g/mol. The van der Waals surface area contributed by atoms with Crippen LogP contribution in [0, 0.1) is 0 Å². The van der Waals surface area contributed by atoms with Gasteiger partial charge >= 0.3 is 0 Å². The van der Waals surface area contributed by atoms with E-state index in [1.165, 1.54) is 11.1 Å². The van der Waals surface area contributed by atoms with Crippen LogP contribution in [0.25, 0.3) is 0 Å². The molecule has 1 heterocycles. The van der Waals surface area contributed by atoms with Gasteiger partial charge in [0.25, 0.3) is 0 Å². The Hall–Kier alpha value is -1.92. The Bertz CT molecular complexity index is 886. The van der Waals surface area contributed by atoms with E-state index in [0.29, 0.717) is 0 Å². The summed E-state index contributed by atoms with van der Waals surface area (Å²) in [6, 6.07) is 16.8. The van der Waals surface area contributed by atoms with Crippen LogP contribution < -0.4 is 0 Å². The number of thioether (sulfide) groups is 1. The van der Waals surface area contributed by atoms with Gasteiger partial charge in [0.2, 0.25) is 5.16 Å². The van der Waals surface area contributed by atoms with Crippen molar-refractivity contribution < 1.29 is 0 Å². The molecule has 0 saturated carbocycles. The van der Waals surface area contributed by atoms with Crippen LogP contribution in [-0.4, -0.2) is 21.1 Å². The van der Waals surface area contributed by atoms with E-state index in [1.54, 1.807) is 11.8 Å². The van der Waals surface area contributed by atoms with Gasteiger partial charge in [0.1, 0.15) is 0 Å². The molecule has 0 radical (unpaired) electrons. The van der Waals surface area contributed by atoms with Gasteiger partial charge in [-0.3, -0.25) is 0 Å². The van der Waals surface area contributed by atoms with Crippen LogP contribution in [0.3, 0.4) is 0 Å². The number of benzene rings is 2. The van der Waals surface area contributed by atoms with Gasteiger partial charge in [-0.2, -0.15) is 9.78 Å². The minimum absolute atomic E-state index is 0.822. The van der Waals surface area contributed by atoms with E-state index >= 15 is 0 Å². The average molecular weight is 443 g/mol. The predicted molar refractivity (Wildman–Crippen MR) is 117 cm³/mol. The van der Waals surface area contributed by atoms with E-state index in [0.717, 1.165) is 46.0 Å². The van der Waals surface area contributed by atoms with Crippen molar-refractivity contribution in [3.63, 3.8) is 0 Å². The van der Waals surface area contributed by atoms with Crippen LogP contribution in [-0.2, 0) is 18.6 Å². The lowest BCUT2D eigenvalue weighted by molar-refractivity contribution is 0.700. The van der Waals surface area contributed by atoms with Crippen molar-refractivity contribution >= 4 is 33.9 Å². The Morgan fingerprint density at radius 2 is 1.70 bits per heavy atom. The van der Waals surface area contributed by atoms with E-state index in [2.05, 4.69) is 93.6 Å². The van der Waals surface area contributed by atoms with Gasteiger partial charge in [0.15, 0.2) is 5.82 Å². The van der Waals surface area contributed by atoms with E-state index < -0.39 is 0 Å². The Labute approximate surface area is 173 Å². The molecule has 2 aromatic carbocycles. The number of aromatic nitrogens is 3. The molecular formula is C21H23BrN4S. The molecule has 0 fully saturated rings. The molecule has 0 N–H and O–H groups in total. The van der Waals surface area contributed by atoms with Gasteiger partial charge < -0.3 is 0 Å². The maximum absolute atomic E-state index is 4.68. The SMILES string of the molecule is CCCc1nnc(SCc2ccc(Br)cc2)n1/N=C\c1ccc(CC)cc1. The van der Waals surface area contributed by atoms with Crippen LogP contribution in [0.5, 0.6) is 0 Å². The van der Waals surface area contributed by atoms with E-state index in [9.17, 15) is 0 Å². The predicted octanol–water partition coefficient (Wildman–Crippen LogP) is 5.73. The Morgan fingerprint density at radius 3 is 2.37 bits per heavy atom. The first-order valence-corrected chi connectivity index (χ1v) is 10.9. The Morgan fingerprint density at radius 1 is 1.00 bits per heavy atom. The molecule has 3 aromatic rings. The Kier molecular flexibility index (Phi) is 7.24. The summed E-state index contributed by atoms with van der Waals surface area (Å²) in [6.45, 7) is 4.30. The lowest BCUT2D eigenvalue weighted by Crippen LogP contribution is -2.00. The quantitative estimate of drug-likeness (QED) is 0.330. The molecule has 0 aliphatic rings. The van der Waals surface area contributed by atoms with Crippen molar-refractivity contribution in [2.45, 2.75) is 44.0 Å². The third-order valence-corrected chi connectivity index (χ3v) is 5.66. The van der Waals surface area contributed by atoms with E-state index in [-0.39, 0.29) is 0 Å². The van der Waals surface area contributed by atoms with Crippen LogP contribution in [0.4, 0.5) is 0 Å². The van der Waals surface area contributed by atoms with E-state index in [1.807, 2.05) is 10.9 Å². The number of nitrogens with zero attached hydrogens (tertiary/aromatic N) is 4. The molecule has 0 spiro atoms. The first kappa shape index (κ1) is 19.8. The van der Waals surface area contributed by atoms with Crippen LogP contribution in [0.2, 0.25) is 0 Å². The summed E-state index contributed by atoms with van der Waals surface area (Å²) in [5.74, 6) is 1.73. The summed E-state index contributed by atoms with van der Waals surface area (Å²) < 4.78 is 2.96. The highest BCUT2D eigenvalue weighted by atomic mass is 79.9. The fourth-order valence-electron chi connectivity index (χ4n) is 2.57. The molecule has 6 heteroatoms. The number of hydrogen-bond acceptors (Lipinski definition) is 4. The standard InChI is InChI=1S/C21H23BrN4S/c1-3-5-20-24-25-21(27-15-18-10-12-19(22)13-11-18)26(20)23-14-17-8-6-16(4-2)7-9-17/h6-14H,3-5,15H2,1-2H3/b23-14-. The maximum atomic E-state index is 4.68. The topological polar surface area (TPSA) is 43.1 Å². The normalized spacial score (nSPS) is 11.4. The molecule has 0 saturated heterocycles. The lowest BCUT2D eigenvalue weighted by atomic mass is 10.1. The highest BCUT2D eigenvalue weighted by Crippen LogP contribution is 2.23. The molecule has 0 unspecified atom stereocenters. The molecule has 0 aliphatic heterocycles. The van der Waals surface area contributed by atoms with Crippen molar-refractivity contribution in [2.75, 3.05) is 0 Å². The molecule has 1 aromatic heterocycles. The zero-order valence-electron chi connectivity index (χ0n) is 15.6. The molecule has 0 bridgehead atoms. The fourth-order valence-corrected chi connectivity index (χ4v) is 3.70. The molecule has 3 rings (SSSR count). The van der Waals surface area contributed by atoms with Gasteiger partial charge in [-0.05, 0) is 41.7 Å². The third kappa shape index (κ3) is 5.53. The molecular weight excluding hydrogens is 420 g/mol. The zero-order valence-corrected chi connectivity index (χ0v) is 18.0. The first-order valence-electron chi connectivity index (χ1n) is 9.14. The summed E-state index contributed by atoms with van der Waals surface area (Å²) >= 11 is 5.13. The zero-order chi connectivity index (χ0) is 19.1. The molecule has 0 amide bonds. The van der Waals surface area contributed by atoms with E-state index in [4.69, 9.17) is 0 Å². The van der Waals surface area contributed by atoms with Crippen LogP contribution in [0.1, 0.15) is 42.8 Å². The number of halogens is 1. The number of aryl methyl sites for hydroxylation is 2. The number of rotatable bonds is 8. The van der Waals surface area contributed by atoms with Crippen molar-refractivity contribution in [1.82, 2.24) is 14.9 Å². The second-order valence-corrected chi connectivity index (χ2v) is 8.07. The molecule has 140 valence electrons. The molecule has 0 atom stereocenters. The summed E-state index contributed by atoms with van der Waals surface area (Å²) in [6.07, 6.45) is 4.79. The molecule has 27 heavy (non-hydrogen) atoms. The third-order valence-electron chi connectivity index (χ3n) is 4.14. The average Bonchev–Trinajstić information content (AvgIpc) is 3.08. The van der Waals surface area contributed by atoms with Gasteiger partial charge in [-0.1, -0.05) is 77.9 Å². The second kappa shape index (κ2) is 9.85. The van der Waals surface area contributed by atoms with Gasteiger partial charge in [0.05, 0.1) is 6.21 Å². The van der Waals surface area contributed by atoms with Crippen LogP contribution >= 0.6 is 27.7 Å². The van der Waals surface area contributed by atoms with Gasteiger partial charge in [-0.15, -0.1) is 10.2 Å². The summed E-state index contributed by atoms with van der Waals surface area (Å²) in [7, 11) is 0. The maximum Gasteiger partial charge on any atom is 0.212 e. The highest BCUT2D eigenvalue weighted by molar-refractivity contribution is 9.10. The van der Waals surface area contributed by atoms with Crippen molar-refractivity contribution in [3.05, 3.63) is 75.5 Å². The number of hydrogen-bond donors (Lipinski definition) is 0. The first-order chi connectivity index (χ1) is 13.2. The largest absolute Gasteiger partial charge is 0.212 e. The second-order valence-electron chi connectivity index (χ2n) is 6.22. The highest BCUT2D eigenvalue weighted by Gasteiger charge is 2.11. The Balaban J connectivity index is 1.77. The fraction of sp³-hybridized carbons (Fsp3) is 0.286. The summed E-state index contributed by atoms with van der Waals surface area (Å²) in [5, 5.41) is 14.2. The van der Waals surface area contributed by atoms with Gasteiger partial charge in [-0.25, -0.2) is 0 Å². The van der Waals surface area contributed by atoms with Crippen molar-refractivity contribution in [3.8, 4) is 0 Å². The molecule has 4 nitrogen and oxygen atoms in total. The minimum Gasteiger partial charge on any atom is -0.191 e. The van der Waals surface area contributed by atoms with Gasteiger partial charge in [0, 0.05) is 16.6 Å². The van der Waals surface area contributed by atoms with Crippen LogP contribution in [0.15, 0.2) is 63.3 Å². The molecule has 0 aliphatic carbocycles.